The number of anilines is 1. The Morgan fingerprint density at radius 2 is 1.95 bits per heavy atom. The van der Waals surface area contributed by atoms with Gasteiger partial charge in [-0.2, -0.15) is 0 Å². The van der Waals surface area contributed by atoms with E-state index in [1.807, 2.05) is 16.9 Å². The lowest BCUT2D eigenvalue weighted by molar-refractivity contribution is 0.218. The van der Waals surface area contributed by atoms with Gasteiger partial charge in [0.25, 0.3) is 5.56 Å². The number of hydrogen-bond acceptors (Lipinski definition) is 3. The van der Waals surface area contributed by atoms with Gasteiger partial charge in [0, 0.05) is 12.7 Å². The lowest BCUT2D eigenvalue weighted by atomic mass is 10.1. The van der Waals surface area contributed by atoms with Gasteiger partial charge in [0.2, 0.25) is 0 Å². The van der Waals surface area contributed by atoms with Crippen LogP contribution in [0.15, 0.2) is 29.2 Å². The summed E-state index contributed by atoms with van der Waals surface area (Å²) >= 11 is 6.03. The number of likely N-dealkylation sites (tertiary alicyclic amines) is 1. The molecule has 22 heavy (non-hydrogen) atoms. The first-order valence-electron chi connectivity index (χ1n) is 7.71. The van der Waals surface area contributed by atoms with E-state index >= 15 is 0 Å². The lowest BCUT2D eigenvalue weighted by Crippen LogP contribution is -2.32. The van der Waals surface area contributed by atoms with Crippen LogP contribution in [0.3, 0.4) is 0 Å². The van der Waals surface area contributed by atoms with Crippen LogP contribution in [0.2, 0.25) is 5.02 Å². The highest BCUT2D eigenvalue weighted by Gasteiger charge is 2.12. The van der Waals surface area contributed by atoms with Gasteiger partial charge >= 0.3 is 0 Å². The fourth-order valence-electron chi connectivity index (χ4n) is 2.89. The molecule has 6 heteroatoms. The Balaban J connectivity index is 1.72. The number of nitrogens with zero attached hydrogens (tertiary/aromatic N) is 2. The summed E-state index contributed by atoms with van der Waals surface area (Å²) in [6.07, 6.45) is 5.74. The summed E-state index contributed by atoms with van der Waals surface area (Å²) in [6.45, 7) is 4.07. The Hall–Kier alpha value is -1.72. The summed E-state index contributed by atoms with van der Waals surface area (Å²) in [5, 5.41) is 3.35. The molecule has 2 aromatic rings. The predicted octanol–water partition coefficient (Wildman–Crippen LogP) is 2.56. The van der Waals surface area contributed by atoms with Crippen LogP contribution in [0.25, 0.3) is 11.1 Å². The van der Waals surface area contributed by atoms with Gasteiger partial charge in [-0.25, -0.2) is 0 Å². The van der Waals surface area contributed by atoms with Crippen LogP contribution >= 0.6 is 11.6 Å². The van der Waals surface area contributed by atoms with Crippen molar-refractivity contribution in [2.24, 2.45) is 0 Å². The quantitative estimate of drug-likeness (QED) is 0.851. The molecule has 1 aliphatic heterocycles. The molecule has 0 saturated carbocycles. The maximum absolute atomic E-state index is 12.1. The zero-order valence-corrected chi connectivity index (χ0v) is 13.3. The molecule has 1 aliphatic rings. The van der Waals surface area contributed by atoms with Gasteiger partial charge in [0.05, 0.1) is 22.8 Å². The summed E-state index contributed by atoms with van der Waals surface area (Å²) in [7, 11) is 0. The predicted molar refractivity (Wildman–Crippen MR) is 90.2 cm³/mol. The second-order valence-corrected chi connectivity index (χ2v) is 6.22. The second-order valence-electron chi connectivity index (χ2n) is 5.82. The number of halogens is 1. The van der Waals surface area contributed by atoms with Crippen LogP contribution < -0.4 is 11.3 Å². The fraction of sp³-hybridized carbons (Fsp3) is 0.438. The van der Waals surface area contributed by atoms with Crippen LogP contribution in [0.1, 0.15) is 19.3 Å². The number of benzene rings is 1. The van der Waals surface area contributed by atoms with Gasteiger partial charge in [-0.15, -0.1) is 0 Å². The molecular formula is C16H21ClN4O. The number of nitrogen functional groups attached to an aromatic ring is 1. The fourth-order valence-corrected chi connectivity index (χ4v) is 3.07. The van der Waals surface area contributed by atoms with Crippen molar-refractivity contribution in [1.29, 1.82) is 0 Å². The first kappa shape index (κ1) is 15.2. The highest BCUT2D eigenvalue weighted by Crippen LogP contribution is 2.25. The van der Waals surface area contributed by atoms with Crippen molar-refractivity contribution >= 4 is 17.3 Å². The number of nitrogens with one attached hydrogen (secondary N) is 1. The molecule has 5 nitrogen and oxygen atoms in total. The minimum absolute atomic E-state index is 0.0977. The van der Waals surface area contributed by atoms with E-state index in [0.717, 1.165) is 31.7 Å². The van der Waals surface area contributed by atoms with E-state index < -0.39 is 0 Å². The SMILES string of the molecule is Nc1ccc(-c2cn(CCN3CCCCC3)[nH]c2=O)cc1Cl. The number of H-pyrrole nitrogens is 1. The molecular weight excluding hydrogens is 300 g/mol. The van der Waals surface area contributed by atoms with Crippen molar-refractivity contribution in [3.8, 4) is 11.1 Å². The molecule has 1 fully saturated rings. The number of aromatic nitrogens is 2. The van der Waals surface area contributed by atoms with E-state index in [2.05, 4.69) is 10.00 Å². The van der Waals surface area contributed by atoms with Crippen molar-refractivity contribution in [2.75, 3.05) is 25.4 Å². The third kappa shape index (κ3) is 3.36. The molecule has 0 bridgehead atoms. The zero-order valence-electron chi connectivity index (χ0n) is 12.5. The first-order valence-corrected chi connectivity index (χ1v) is 8.08. The van der Waals surface area contributed by atoms with Crippen molar-refractivity contribution < 1.29 is 0 Å². The van der Waals surface area contributed by atoms with E-state index in [-0.39, 0.29) is 5.56 Å². The maximum atomic E-state index is 12.1. The van der Waals surface area contributed by atoms with Gasteiger partial charge in [-0.1, -0.05) is 24.1 Å². The molecule has 0 radical (unpaired) electrons. The van der Waals surface area contributed by atoms with Crippen LogP contribution in [0.5, 0.6) is 0 Å². The minimum Gasteiger partial charge on any atom is -0.398 e. The van der Waals surface area contributed by atoms with Gasteiger partial charge in [-0.3, -0.25) is 14.6 Å². The molecule has 2 heterocycles. The third-order valence-electron chi connectivity index (χ3n) is 4.19. The van der Waals surface area contributed by atoms with E-state index in [1.165, 1.54) is 19.3 Å². The molecule has 1 saturated heterocycles. The second kappa shape index (κ2) is 6.58. The maximum Gasteiger partial charge on any atom is 0.271 e. The summed E-state index contributed by atoms with van der Waals surface area (Å²) in [6, 6.07) is 5.28. The van der Waals surface area contributed by atoms with Crippen molar-refractivity contribution in [1.82, 2.24) is 14.7 Å². The van der Waals surface area contributed by atoms with Crippen LogP contribution in [-0.4, -0.2) is 34.3 Å². The molecule has 118 valence electrons. The topological polar surface area (TPSA) is 67.0 Å². The third-order valence-corrected chi connectivity index (χ3v) is 4.52. The summed E-state index contributed by atoms with van der Waals surface area (Å²) in [5.74, 6) is 0. The van der Waals surface area contributed by atoms with Crippen molar-refractivity contribution in [3.63, 3.8) is 0 Å². The average molecular weight is 321 g/mol. The number of hydrogen-bond donors (Lipinski definition) is 2. The Morgan fingerprint density at radius 3 is 2.68 bits per heavy atom. The summed E-state index contributed by atoms with van der Waals surface area (Å²) < 4.78 is 1.86. The Labute approximate surface area is 134 Å². The number of piperidine rings is 1. The van der Waals surface area contributed by atoms with Crippen LogP contribution in [-0.2, 0) is 6.54 Å². The first-order chi connectivity index (χ1) is 10.6. The largest absolute Gasteiger partial charge is 0.398 e. The molecule has 0 amide bonds. The average Bonchev–Trinajstić information content (AvgIpc) is 2.90. The number of aromatic amines is 1. The molecule has 0 unspecified atom stereocenters. The highest BCUT2D eigenvalue weighted by molar-refractivity contribution is 6.33. The number of rotatable bonds is 4. The monoisotopic (exact) mass is 320 g/mol. The Kier molecular flexibility index (Phi) is 4.55. The van der Waals surface area contributed by atoms with Crippen LogP contribution in [0, 0.1) is 0 Å². The highest BCUT2D eigenvalue weighted by atomic mass is 35.5. The van der Waals surface area contributed by atoms with E-state index in [4.69, 9.17) is 17.3 Å². The Bertz CT molecular complexity index is 700. The van der Waals surface area contributed by atoms with Crippen LogP contribution in [0.4, 0.5) is 5.69 Å². The molecule has 3 N–H and O–H groups in total. The van der Waals surface area contributed by atoms with Gasteiger partial charge in [-0.05, 0) is 43.6 Å². The summed E-state index contributed by atoms with van der Waals surface area (Å²) in [4.78, 5) is 14.6. The molecule has 0 spiro atoms. The number of nitrogens with two attached hydrogens (primary N) is 1. The molecule has 3 rings (SSSR count). The normalized spacial score (nSPS) is 16.0. The van der Waals surface area contributed by atoms with Gasteiger partial charge in [0.15, 0.2) is 0 Å². The van der Waals surface area contributed by atoms with Gasteiger partial charge in [0.1, 0.15) is 0 Å². The molecule has 1 aromatic carbocycles. The van der Waals surface area contributed by atoms with Crippen molar-refractivity contribution in [2.45, 2.75) is 25.8 Å². The minimum atomic E-state index is -0.0977. The zero-order chi connectivity index (χ0) is 15.5. The molecule has 0 atom stereocenters. The lowest BCUT2D eigenvalue weighted by Gasteiger charge is -2.26. The Morgan fingerprint density at radius 1 is 1.18 bits per heavy atom. The van der Waals surface area contributed by atoms with Crippen molar-refractivity contribution in [3.05, 3.63) is 39.8 Å². The summed E-state index contributed by atoms with van der Waals surface area (Å²) in [5.41, 5.74) is 7.55. The molecule has 0 aliphatic carbocycles. The van der Waals surface area contributed by atoms with E-state index in [0.29, 0.717) is 16.3 Å². The standard InChI is InChI=1S/C16H21ClN4O/c17-14-10-12(4-5-15(14)18)13-11-21(19-16(13)22)9-8-20-6-2-1-3-7-20/h4-5,10-11H,1-3,6-9,18H2,(H,19,22). The smallest absolute Gasteiger partial charge is 0.271 e. The van der Waals surface area contributed by atoms with E-state index in [9.17, 15) is 4.79 Å². The molecule has 1 aromatic heterocycles. The van der Waals surface area contributed by atoms with Gasteiger partial charge < -0.3 is 10.6 Å². The van der Waals surface area contributed by atoms with E-state index in [1.54, 1.807) is 12.1 Å².